The van der Waals surface area contributed by atoms with Crippen LogP contribution in [-0.2, 0) is 35.4 Å². The normalized spacial score (nSPS) is 16.8. The summed E-state index contributed by atoms with van der Waals surface area (Å²) in [5, 5.41) is 0.355. The largest absolute Gasteiger partial charge is 0.422 e. The third-order valence-corrected chi connectivity index (χ3v) is 5.93. The van der Waals surface area contributed by atoms with Gasteiger partial charge >= 0.3 is 11.9 Å². The Kier molecular flexibility index (Phi) is 5.79. The van der Waals surface area contributed by atoms with Crippen molar-refractivity contribution in [2.24, 2.45) is 5.92 Å². The molecule has 0 amide bonds. The van der Waals surface area contributed by atoms with E-state index in [1.54, 1.807) is 12.1 Å². The van der Waals surface area contributed by atoms with E-state index in [0.717, 1.165) is 6.26 Å². The Bertz CT molecular complexity index is 1100. The molecule has 1 aliphatic heterocycles. The Hall–Kier alpha value is -2.65. The van der Waals surface area contributed by atoms with E-state index in [0.29, 0.717) is 10.6 Å². The zero-order valence-electron chi connectivity index (χ0n) is 16.5. The Morgan fingerprint density at radius 2 is 1.63 bits per heavy atom. The van der Waals surface area contributed by atoms with Gasteiger partial charge in [-0.2, -0.15) is 0 Å². The molecule has 1 fully saturated rings. The highest BCUT2D eigenvalue weighted by molar-refractivity contribution is 7.90. The maximum atomic E-state index is 12.9. The Morgan fingerprint density at radius 1 is 1.07 bits per heavy atom. The first-order valence-corrected chi connectivity index (χ1v) is 11.3. The average Bonchev–Trinajstić information content (AvgIpc) is 3.04. The number of carbonyl (C=O) groups is 3. The average molecular weight is 454 g/mol. The third-order valence-electron chi connectivity index (χ3n) is 4.56. The molecule has 0 saturated carbocycles. The van der Waals surface area contributed by atoms with Gasteiger partial charge in [-0.25, -0.2) is 8.42 Å². The number of hydrogen-bond donors (Lipinski definition) is 0. The molecule has 1 aromatic carbocycles. The summed E-state index contributed by atoms with van der Waals surface area (Å²) in [4.78, 5) is 37.3. The molecule has 0 spiro atoms. The summed E-state index contributed by atoms with van der Waals surface area (Å²) < 4.78 is 35.9. The lowest BCUT2D eigenvalue weighted by atomic mass is 10.0. The van der Waals surface area contributed by atoms with Crippen LogP contribution in [0.3, 0.4) is 0 Å². The number of nitrogens with zero attached hydrogens (tertiary/aromatic N) is 1. The summed E-state index contributed by atoms with van der Waals surface area (Å²) >= 11 is 5.86. The van der Waals surface area contributed by atoms with E-state index >= 15 is 0 Å². The van der Waals surface area contributed by atoms with E-state index in [1.165, 1.54) is 42.7 Å². The molecule has 1 aliphatic rings. The Labute approximate surface area is 178 Å². The molecule has 0 unspecified atom stereocenters. The molecule has 1 saturated heterocycles. The van der Waals surface area contributed by atoms with Gasteiger partial charge in [-0.1, -0.05) is 11.6 Å². The van der Waals surface area contributed by atoms with E-state index in [2.05, 4.69) is 0 Å². The van der Waals surface area contributed by atoms with Crippen molar-refractivity contribution in [3.8, 4) is 0 Å². The van der Waals surface area contributed by atoms with Crippen molar-refractivity contribution in [1.29, 1.82) is 0 Å². The first-order chi connectivity index (χ1) is 13.9. The van der Waals surface area contributed by atoms with E-state index in [4.69, 9.17) is 21.1 Å². The third kappa shape index (κ3) is 4.57. The molecule has 0 aliphatic carbocycles. The number of rotatable bonds is 6. The molecule has 160 valence electrons. The number of aromatic nitrogens is 1. The van der Waals surface area contributed by atoms with Crippen molar-refractivity contribution in [1.82, 2.24) is 4.57 Å². The van der Waals surface area contributed by atoms with Crippen molar-refractivity contribution in [3.63, 3.8) is 0 Å². The van der Waals surface area contributed by atoms with Crippen LogP contribution >= 0.6 is 11.6 Å². The van der Waals surface area contributed by atoms with Gasteiger partial charge in [0.1, 0.15) is 5.03 Å². The number of carbonyl (C=O) groups excluding carboxylic acids is 3. The summed E-state index contributed by atoms with van der Waals surface area (Å²) in [5.74, 6) is -4.50. The lowest BCUT2D eigenvalue weighted by molar-refractivity contribution is -0.240. The summed E-state index contributed by atoms with van der Waals surface area (Å²) in [6.45, 7) is 2.80. The number of halogens is 1. The van der Waals surface area contributed by atoms with Crippen LogP contribution in [-0.4, -0.2) is 42.7 Å². The number of cyclic esters (lactones) is 2. The minimum absolute atomic E-state index is 0.0840. The van der Waals surface area contributed by atoms with E-state index in [-0.39, 0.29) is 23.7 Å². The van der Waals surface area contributed by atoms with Crippen molar-refractivity contribution >= 4 is 39.2 Å². The Balaban J connectivity index is 1.92. The maximum absolute atomic E-state index is 12.9. The molecule has 30 heavy (non-hydrogen) atoms. The molecular formula is C20H20ClNO7S. The quantitative estimate of drug-likeness (QED) is 0.375. The Morgan fingerprint density at radius 3 is 2.17 bits per heavy atom. The van der Waals surface area contributed by atoms with Crippen LogP contribution in [0.25, 0.3) is 0 Å². The van der Waals surface area contributed by atoms with Crippen LogP contribution in [0.2, 0.25) is 5.02 Å². The zero-order chi connectivity index (χ0) is 22.3. The van der Waals surface area contributed by atoms with Gasteiger partial charge in [0.2, 0.25) is 5.78 Å². The monoisotopic (exact) mass is 453 g/mol. The van der Waals surface area contributed by atoms with Gasteiger partial charge in [0, 0.05) is 37.2 Å². The van der Waals surface area contributed by atoms with E-state index < -0.39 is 39.3 Å². The summed E-state index contributed by atoms with van der Waals surface area (Å²) in [6.07, 6.45) is 0.923. The molecule has 0 bridgehead atoms. The van der Waals surface area contributed by atoms with Crippen molar-refractivity contribution in [3.05, 3.63) is 52.7 Å². The molecule has 0 radical (unpaired) electrons. The lowest BCUT2D eigenvalue weighted by Crippen LogP contribution is -2.46. The number of benzene rings is 1. The highest BCUT2D eigenvalue weighted by Crippen LogP contribution is 2.27. The molecule has 0 atom stereocenters. The highest BCUT2D eigenvalue weighted by atomic mass is 35.5. The molecule has 1 aromatic heterocycles. The van der Waals surface area contributed by atoms with Gasteiger partial charge in [0.25, 0.3) is 5.79 Å². The summed E-state index contributed by atoms with van der Waals surface area (Å²) in [6, 6.07) is 8.87. The highest BCUT2D eigenvalue weighted by Gasteiger charge is 2.43. The predicted octanol–water partition coefficient (Wildman–Crippen LogP) is 2.62. The van der Waals surface area contributed by atoms with Crippen LogP contribution in [0.15, 0.2) is 41.4 Å². The predicted molar refractivity (Wildman–Crippen MR) is 107 cm³/mol. The van der Waals surface area contributed by atoms with Crippen LogP contribution < -0.4 is 0 Å². The summed E-state index contributed by atoms with van der Waals surface area (Å²) in [5.41, 5.74) is 0.424. The first kappa shape index (κ1) is 22.0. The lowest BCUT2D eigenvalue weighted by Gasteiger charge is -2.33. The van der Waals surface area contributed by atoms with Gasteiger partial charge in [-0.3, -0.25) is 14.4 Å². The van der Waals surface area contributed by atoms with Gasteiger partial charge < -0.3 is 14.0 Å². The zero-order valence-corrected chi connectivity index (χ0v) is 18.1. The maximum Gasteiger partial charge on any atom is 0.323 e. The minimum atomic E-state index is -3.68. The minimum Gasteiger partial charge on any atom is -0.422 e. The van der Waals surface area contributed by atoms with E-state index in [1.807, 2.05) is 0 Å². The molecule has 8 nitrogen and oxygen atoms in total. The number of hydrogen-bond acceptors (Lipinski definition) is 7. The number of ether oxygens (including phenoxy) is 2. The number of sulfone groups is 1. The number of esters is 2. The van der Waals surface area contributed by atoms with Crippen LogP contribution in [0.1, 0.15) is 36.3 Å². The fourth-order valence-corrected chi connectivity index (χ4v) is 4.22. The molecular weight excluding hydrogens is 434 g/mol. The van der Waals surface area contributed by atoms with Crippen LogP contribution in [0.4, 0.5) is 0 Å². The van der Waals surface area contributed by atoms with Gasteiger partial charge in [-0.15, -0.1) is 0 Å². The van der Waals surface area contributed by atoms with E-state index in [9.17, 15) is 22.8 Å². The standard InChI is InChI=1S/C20H20ClNO7S/c1-20(2)28-18(24)14(19(25)29-20)10-11-22-15(8-9-16(22)30(3,26)27)17(23)12-4-6-13(21)7-5-12/h4-9,14H,10-11H2,1-3H3. The smallest absolute Gasteiger partial charge is 0.323 e. The molecule has 0 N–H and O–H groups in total. The second kappa shape index (κ2) is 7.88. The second-order valence-electron chi connectivity index (χ2n) is 7.40. The van der Waals surface area contributed by atoms with Crippen molar-refractivity contribution < 1.29 is 32.3 Å². The summed E-state index contributed by atoms with van der Waals surface area (Å²) in [7, 11) is -3.68. The SMILES string of the molecule is CC1(C)OC(=O)C(CCn2c(C(=O)c3ccc(Cl)cc3)ccc2S(C)(=O)=O)C(=O)O1. The molecule has 3 rings (SSSR count). The molecule has 2 aromatic rings. The second-order valence-corrected chi connectivity index (χ2v) is 9.80. The molecule has 10 heteroatoms. The number of ketones is 1. The van der Waals surface area contributed by atoms with Crippen LogP contribution in [0.5, 0.6) is 0 Å². The first-order valence-electron chi connectivity index (χ1n) is 9.04. The van der Waals surface area contributed by atoms with Gasteiger partial charge in [-0.05, 0) is 42.8 Å². The topological polar surface area (TPSA) is 109 Å². The fourth-order valence-electron chi connectivity index (χ4n) is 3.19. The van der Waals surface area contributed by atoms with Crippen molar-refractivity contribution in [2.45, 2.75) is 37.6 Å². The molecule has 2 heterocycles. The van der Waals surface area contributed by atoms with Crippen molar-refractivity contribution in [2.75, 3.05) is 6.26 Å². The van der Waals surface area contributed by atoms with Gasteiger partial charge in [0.15, 0.2) is 15.8 Å². The van der Waals surface area contributed by atoms with Gasteiger partial charge in [0.05, 0.1) is 5.69 Å². The van der Waals surface area contributed by atoms with Crippen LogP contribution in [0, 0.1) is 5.92 Å². The fraction of sp³-hybridized carbons (Fsp3) is 0.350.